The number of piperazine rings is 1. The summed E-state index contributed by atoms with van der Waals surface area (Å²) in [5, 5.41) is 6.90. The van der Waals surface area contributed by atoms with E-state index in [2.05, 4.69) is 68.7 Å². The first-order chi connectivity index (χ1) is 17.5. The number of nitrogens with zero attached hydrogens (tertiary/aromatic N) is 5. The van der Waals surface area contributed by atoms with Gasteiger partial charge in [0.05, 0.1) is 6.54 Å². The van der Waals surface area contributed by atoms with Crippen molar-refractivity contribution in [3.8, 4) is 0 Å². The van der Waals surface area contributed by atoms with Crippen LogP contribution in [0.15, 0.2) is 52.9 Å². The molecule has 1 atom stereocenters. The highest BCUT2D eigenvalue weighted by Crippen LogP contribution is 2.28. The third-order valence-corrected chi connectivity index (χ3v) is 7.21. The summed E-state index contributed by atoms with van der Waals surface area (Å²) in [5.74, 6) is 4.15. The molecule has 9 heteroatoms. The fourth-order valence-corrected chi connectivity index (χ4v) is 5.11. The van der Waals surface area contributed by atoms with Crippen LogP contribution in [0.25, 0.3) is 0 Å². The largest absolute Gasteiger partial charge is 0.465 e. The van der Waals surface area contributed by atoms with Gasteiger partial charge in [0.25, 0.3) is 0 Å². The Balaban J connectivity index is 1.31. The molecular weight excluding hydrogens is 470 g/mol. The van der Waals surface area contributed by atoms with Gasteiger partial charge in [0.1, 0.15) is 23.2 Å². The average Bonchev–Trinajstić information content (AvgIpc) is 3.33. The second-order valence-electron chi connectivity index (χ2n) is 9.58. The van der Waals surface area contributed by atoms with Crippen molar-refractivity contribution in [2.75, 3.05) is 52.7 Å². The Kier molecular flexibility index (Phi) is 7.55. The van der Waals surface area contributed by atoms with Crippen molar-refractivity contribution in [3.63, 3.8) is 0 Å². The average molecular weight is 506 g/mol. The molecule has 190 valence electrons. The van der Waals surface area contributed by atoms with E-state index in [1.165, 1.54) is 24.9 Å². The third kappa shape index (κ3) is 5.90. The summed E-state index contributed by atoms with van der Waals surface area (Å²) in [6, 6.07) is 17.1. The number of furan rings is 1. The molecule has 2 N–H and O–H groups in total. The van der Waals surface area contributed by atoms with Gasteiger partial charge in [-0.05, 0) is 69.6 Å². The van der Waals surface area contributed by atoms with E-state index in [9.17, 15) is 0 Å². The molecular formula is C27H35N7OS. The quantitative estimate of drug-likeness (QED) is 0.469. The molecule has 3 aromatic rings. The minimum Gasteiger partial charge on any atom is -0.465 e. The topological polar surface area (TPSA) is 72.7 Å². The molecule has 5 rings (SSSR count). The van der Waals surface area contributed by atoms with Crippen LogP contribution in [0.2, 0.25) is 0 Å². The number of aryl methyl sites for hydroxylation is 1. The molecule has 0 saturated carbocycles. The normalized spacial score (nSPS) is 18.3. The molecule has 0 amide bonds. The zero-order valence-corrected chi connectivity index (χ0v) is 21.9. The lowest BCUT2D eigenvalue weighted by Crippen LogP contribution is -2.47. The van der Waals surface area contributed by atoms with Gasteiger partial charge in [0.15, 0.2) is 5.11 Å². The van der Waals surface area contributed by atoms with E-state index in [1.54, 1.807) is 0 Å². The Morgan fingerprint density at radius 3 is 2.44 bits per heavy atom. The van der Waals surface area contributed by atoms with E-state index in [1.807, 2.05) is 19.1 Å². The Morgan fingerprint density at radius 2 is 1.72 bits per heavy atom. The molecule has 0 unspecified atom stereocenters. The number of rotatable bonds is 6. The first-order valence-electron chi connectivity index (χ1n) is 12.9. The fraction of sp³-hybridized carbons (Fsp3) is 0.444. The van der Waals surface area contributed by atoms with Gasteiger partial charge in [-0.25, -0.2) is 0 Å². The molecule has 0 spiro atoms. The molecule has 0 radical (unpaired) electrons. The van der Waals surface area contributed by atoms with Gasteiger partial charge in [0, 0.05) is 50.5 Å². The van der Waals surface area contributed by atoms with Crippen molar-refractivity contribution in [2.24, 2.45) is 0 Å². The maximum absolute atomic E-state index is 5.63. The first-order valence-corrected chi connectivity index (χ1v) is 13.3. The highest BCUT2D eigenvalue weighted by Gasteiger charge is 2.24. The van der Waals surface area contributed by atoms with E-state index < -0.39 is 0 Å². The molecule has 4 heterocycles. The summed E-state index contributed by atoms with van der Waals surface area (Å²) in [7, 11) is 0. The van der Waals surface area contributed by atoms with Gasteiger partial charge in [-0.3, -0.25) is 0 Å². The van der Waals surface area contributed by atoms with Crippen LogP contribution in [0.3, 0.4) is 0 Å². The number of hydrogen-bond acceptors (Lipinski definition) is 7. The Hall–Kier alpha value is -3.33. The van der Waals surface area contributed by atoms with Crippen molar-refractivity contribution >= 4 is 40.6 Å². The standard InChI is InChI=1S/C27H35N7OS/c1-20-8-6-7-13-34(20)25-18-24(33-16-14-32(15-17-33)22-9-4-3-5-10-22)29-26(30-25)31-27(36)28-19-23-12-11-21(2)35-23/h3-5,9-12,18,20H,6-8,13-17,19H2,1-2H3,(H2,28,29,30,31,36)/t20-/m1/s1. The molecule has 2 aliphatic heterocycles. The number of nitrogens with one attached hydrogen (secondary N) is 2. The number of benzene rings is 1. The second-order valence-corrected chi connectivity index (χ2v) is 9.98. The highest BCUT2D eigenvalue weighted by molar-refractivity contribution is 7.80. The van der Waals surface area contributed by atoms with Gasteiger partial charge in [-0.15, -0.1) is 0 Å². The van der Waals surface area contributed by atoms with Crippen LogP contribution in [-0.4, -0.2) is 53.8 Å². The molecule has 1 aromatic carbocycles. The van der Waals surface area contributed by atoms with Crippen molar-refractivity contribution in [3.05, 3.63) is 60.1 Å². The van der Waals surface area contributed by atoms with E-state index in [0.717, 1.165) is 55.9 Å². The fourth-order valence-electron chi connectivity index (χ4n) is 4.95. The Morgan fingerprint density at radius 1 is 0.972 bits per heavy atom. The summed E-state index contributed by atoms with van der Waals surface area (Å²) in [6.07, 6.45) is 3.63. The molecule has 0 bridgehead atoms. The van der Waals surface area contributed by atoms with Gasteiger partial charge in [-0.1, -0.05) is 18.2 Å². The highest BCUT2D eigenvalue weighted by atomic mass is 32.1. The molecule has 2 fully saturated rings. The van der Waals surface area contributed by atoms with Gasteiger partial charge in [0.2, 0.25) is 5.95 Å². The number of para-hydroxylation sites is 1. The minimum absolute atomic E-state index is 0.455. The van der Waals surface area contributed by atoms with E-state index in [-0.39, 0.29) is 0 Å². The van der Waals surface area contributed by atoms with Gasteiger partial charge < -0.3 is 29.8 Å². The van der Waals surface area contributed by atoms with E-state index in [0.29, 0.717) is 23.6 Å². The molecule has 2 aliphatic rings. The number of hydrogen-bond donors (Lipinski definition) is 2. The van der Waals surface area contributed by atoms with Crippen LogP contribution in [0.4, 0.5) is 23.3 Å². The monoisotopic (exact) mass is 505 g/mol. The Labute approximate surface area is 218 Å². The maximum atomic E-state index is 5.63. The number of piperidine rings is 1. The summed E-state index contributed by atoms with van der Waals surface area (Å²) in [5.41, 5.74) is 1.27. The Bertz CT molecular complexity index is 1160. The lowest BCUT2D eigenvalue weighted by atomic mass is 10.0. The van der Waals surface area contributed by atoms with Crippen molar-refractivity contribution in [1.82, 2.24) is 15.3 Å². The van der Waals surface area contributed by atoms with E-state index in [4.69, 9.17) is 26.6 Å². The number of thiocarbonyl (C=S) groups is 1. The lowest BCUT2D eigenvalue weighted by molar-refractivity contribution is 0.478. The minimum atomic E-state index is 0.455. The van der Waals surface area contributed by atoms with Crippen LogP contribution in [0, 0.1) is 6.92 Å². The van der Waals surface area contributed by atoms with Crippen LogP contribution in [0.5, 0.6) is 0 Å². The molecule has 2 aromatic heterocycles. The smallest absolute Gasteiger partial charge is 0.232 e. The summed E-state index contributed by atoms with van der Waals surface area (Å²) < 4.78 is 5.63. The lowest BCUT2D eigenvalue weighted by Gasteiger charge is -2.38. The van der Waals surface area contributed by atoms with Gasteiger partial charge >= 0.3 is 0 Å². The van der Waals surface area contributed by atoms with Crippen LogP contribution in [-0.2, 0) is 6.54 Å². The van der Waals surface area contributed by atoms with Crippen molar-refractivity contribution in [1.29, 1.82) is 0 Å². The molecule has 0 aliphatic carbocycles. The van der Waals surface area contributed by atoms with Crippen LogP contribution in [0.1, 0.15) is 37.7 Å². The molecule has 2 saturated heterocycles. The third-order valence-electron chi connectivity index (χ3n) is 6.97. The first kappa shape index (κ1) is 24.4. The zero-order chi connectivity index (χ0) is 24.9. The summed E-state index contributed by atoms with van der Waals surface area (Å²) in [4.78, 5) is 17.0. The van der Waals surface area contributed by atoms with Crippen LogP contribution >= 0.6 is 12.2 Å². The molecule has 36 heavy (non-hydrogen) atoms. The summed E-state index contributed by atoms with van der Waals surface area (Å²) >= 11 is 5.56. The molecule has 8 nitrogen and oxygen atoms in total. The maximum Gasteiger partial charge on any atom is 0.232 e. The predicted molar refractivity (Wildman–Crippen MR) is 150 cm³/mol. The van der Waals surface area contributed by atoms with Crippen LogP contribution < -0.4 is 25.3 Å². The van der Waals surface area contributed by atoms with Crippen molar-refractivity contribution < 1.29 is 4.42 Å². The van der Waals surface area contributed by atoms with E-state index >= 15 is 0 Å². The number of aromatic nitrogens is 2. The predicted octanol–water partition coefficient (Wildman–Crippen LogP) is 4.57. The SMILES string of the molecule is Cc1ccc(CNC(=S)Nc2nc(N3CCN(c4ccccc4)CC3)cc(N3CCCC[C@H]3C)n2)o1. The number of anilines is 4. The second kappa shape index (κ2) is 11.2. The zero-order valence-electron chi connectivity index (χ0n) is 21.1. The summed E-state index contributed by atoms with van der Waals surface area (Å²) in [6.45, 7) is 9.45. The van der Waals surface area contributed by atoms with Crippen molar-refractivity contribution in [2.45, 2.75) is 45.7 Å². The van der Waals surface area contributed by atoms with Gasteiger partial charge in [-0.2, -0.15) is 9.97 Å².